The van der Waals surface area contributed by atoms with Crippen molar-refractivity contribution in [1.82, 2.24) is 5.32 Å². The summed E-state index contributed by atoms with van der Waals surface area (Å²) >= 11 is 0. The molecule has 1 heterocycles. The minimum absolute atomic E-state index is 0.222. The number of carbonyl (C=O) groups is 2. The summed E-state index contributed by atoms with van der Waals surface area (Å²) in [5.41, 5.74) is -1.03. The van der Waals surface area contributed by atoms with Gasteiger partial charge in [-0.2, -0.15) is 0 Å². The van der Waals surface area contributed by atoms with Crippen molar-refractivity contribution in [2.24, 2.45) is 0 Å². The number of ketones is 1. The number of hydrogen-bond donors (Lipinski definition) is 2. The normalized spacial score (nSPS) is 14.1. The Morgan fingerprint density at radius 1 is 1.43 bits per heavy atom. The van der Waals surface area contributed by atoms with Crippen molar-refractivity contribution < 1.29 is 9.59 Å². The summed E-state index contributed by atoms with van der Waals surface area (Å²) in [6, 6.07) is 0. The van der Waals surface area contributed by atoms with Crippen molar-refractivity contribution in [3.05, 3.63) is 39.9 Å². The van der Waals surface area contributed by atoms with E-state index in [-0.39, 0.29) is 11.4 Å². The van der Waals surface area contributed by atoms with Gasteiger partial charge in [0.25, 0.3) is 23.1 Å². The summed E-state index contributed by atoms with van der Waals surface area (Å²) in [6.45, 7) is 13.3. The number of hydrogen-bond acceptors (Lipinski definition) is 3. The van der Waals surface area contributed by atoms with Gasteiger partial charge in [-0.3, -0.25) is 15.0 Å². The van der Waals surface area contributed by atoms with E-state index >= 15 is 0 Å². The summed E-state index contributed by atoms with van der Waals surface area (Å²) < 4.78 is 0. The Labute approximate surface area is 78.7 Å². The van der Waals surface area contributed by atoms with Gasteiger partial charge in [-0.25, -0.2) is 9.69 Å². The summed E-state index contributed by atoms with van der Waals surface area (Å²) in [5.74, 6) is -0.193. The van der Waals surface area contributed by atoms with Gasteiger partial charge in [0.2, 0.25) is 0 Å². The Balaban J connectivity index is 3.38. The van der Waals surface area contributed by atoms with Crippen LogP contribution in [0.25, 0.3) is 9.69 Å². The highest BCUT2D eigenvalue weighted by molar-refractivity contribution is 6.46. The van der Waals surface area contributed by atoms with Gasteiger partial charge in [-0.05, 0) is 5.87 Å². The van der Waals surface area contributed by atoms with E-state index in [4.69, 9.17) is 18.6 Å². The van der Waals surface area contributed by atoms with Gasteiger partial charge in [0.05, 0.1) is 18.8 Å². The van der Waals surface area contributed by atoms with Crippen LogP contribution in [0.4, 0.5) is 0 Å². The van der Waals surface area contributed by atoms with Crippen LogP contribution in [0.3, 0.4) is 0 Å². The minimum atomic E-state index is -0.980. The lowest BCUT2D eigenvalue weighted by Gasteiger charge is -1.95. The summed E-state index contributed by atoms with van der Waals surface area (Å²) in [5, 5.41) is 8.77. The first-order valence-electron chi connectivity index (χ1n) is 3.30. The third-order valence-electron chi connectivity index (χ3n) is 1.48. The van der Waals surface area contributed by atoms with E-state index in [1.165, 1.54) is 0 Å². The molecule has 0 saturated carbocycles. The van der Waals surface area contributed by atoms with Crippen LogP contribution >= 0.6 is 0 Å². The average Bonchev–Trinajstić information content (AvgIpc) is 2.45. The molecule has 66 valence electrons. The van der Waals surface area contributed by atoms with Crippen molar-refractivity contribution in [2.45, 2.75) is 0 Å². The maximum atomic E-state index is 11.0. The molecule has 0 aromatic carbocycles. The standard InChI is InChI=1S/C8H2N4O2/c1-10-4(3-9)5-6(11-2)7(13)8(14)12-5/h9H,(H,12,13,14). The van der Waals surface area contributed by atoms with E-state index in [0.29, 0.717) is 0 Å². The smallest absolute Gasteiger partial charge is 0.283 e. The molecule has 6 nitrogen and oxygen atoms in total. The number of nitrogens with one attached hydrogen (secondary N) is 2. The Morgan fingerprint density at radius 3 is 2.50 bits per heavy atom. The molecule has 0 saturated heterocycles. The predicted octanol–water partition coefficient (Wildman–Crippen LogP) is -0.132. The zero-order valence-electron chi connectivity index (χ0n) is 6.71. The Bertz CT molecular complexity index is 494. The number of carbonyl (C=O) groups excluding carboxylic acids is 2. The molecular formula is C8H2N4O2. The second kappa shape index (κ2) is 3.36. The Hall–Kier alpha value is -2.69. The summed E-state index contributed by atoms with van der Waals surface area (Å²) in [7, 11) is 0. The SMILES string of the molecule is [C-]#[N+]C(=C=N)C1=C([N+]#[C-])C(=O)C(=O)N1. The summed E-state index contributed by atoms with van der Waals surface area (Å²) in [4.78, 5) is 27.5. The molecule has 0 bridgehead atoms. The molecule has 1 rings (SSSR count). The highest BCUT2D eigenvalue weighted by atomic mass is 16.2. The molecule has 14 heavy (non-hydrogen) atoms. The first-order valence-corrected chi connectivity index (χ1v) is 3.30. The fourth-order valence-corrected chi connectivity index (χ4v) is 0.875. The average molecular weight is 186 g/mol. The van der Waals surface area contributed by atoms with Crippen LogP contribution in [0.1, 0.15) is 0 Å². The molecule has 1 amide bonds. The molecule has 0 atom stereocenters. The minimum Gasteiger partial charge on any atom is -0.339 e. The van der Waals surface area contributed by atoms with Gasteiger partial charge in [-0.1, -0.05) is 0 Å². The molecule has 1 aliphatic heterocycles. The van der Waals surface area contributed by atoms with Gasteiger partial charge in [0.15, 0.2) is 0 Å². The highest BCUT2D eigenvalue weighted by Gasteiger charge is 2.33. The maximum Gasteiger partial charge on any atom is 0.283 e. The van der Waals surface area contributed by atoms with Crippen LogP contribution in [0, 0.1) is 18.6 Å². The van der Waals surface area contributed by atoms with Crippen molar-refractivity contribution >= 4 is 17.6 Å². The molecule has 1 aliphatic rings. The molecule has 0 aromatic heterocycles. The lowest BCUT2D eigenvalue weighted by molar-refractivity contribution is -0.134. The number of amides is 1. The van der Waals surface area contributed by atoms with Gasteiger partial charge < -0.3 is 5.32 Å². The lowest BCUT2D eigenvalue weighted by atomic mass is 10.2. The monoisotopic (exact) mass is 186 g/mol. The molecule has 0 unspecified atom stereocenters. The fraction of sp³-hybridized carbons (Fsp3) is 0. The van der Waals surface area contributed by atoms with Crippen molar-refractivity contribution in [3.8, 4) is 0 Å². The topological polar surface area (TPSA) is 78.7 Å². The van der Waals surface area contributed by atoms with Crippen molar-refractivity contribution in [2.75, 3.05) is 0 Å². The van der Waals surface area contributed by atoms with Crippen LogP contribution < -0.4 is 5.32 Å². The van der Waals surface area contributed by atoms with Crippen LogP contribution in [0.15, 0.2) is 17.1 Å². The second-order valence-electron chi connectivity index (χ2n) is 2.20. The third-order valence-corrected chi connectivity index (χ3v) is 1.48. The van der Waals surface area contributed by atoms with Crippen molar-refractivity contribution in [3.63, 3.8) is 0 Å². The van der Waals surface area contributed by atoms with Gasteiger partial charge in [-0.15, -0.1) is 0 Å². The largest absolute Gasteiger partial charge is 0.339 e. The van der Waals surface area contributed by atoms with Crippen molar-refractivity contribution in [1.29, 1.82) is 5.41 Å². The Morgan fingerprint density at radius 2 is 2.07 bits per heavy atom. The van der Waals surface area contributed by atoms with Crippen LogP contribution in [0.2, 0.25) is 0 Å². The fourth-order valence-electron chi connectivity index (χ4n) is 0.875. The molecule has 0 fully saturated rings. The molecule has 2 N–H and O–H groups in total. The molecule has 0 radical (unpaired) electrons. The van der Waals surface area contributed by atoms with Gasteiger partial charge in [0, 0.05) is 0 Å². The summed E-state index contributed by atoms with van der Waals surface area (Å²) in [6.07, 6.45) is 0. The number of Topliss-reactive ketones (excluding diaryl/α,β-unsaturated/α-hetero) is 1. The molecule has 0 aliphatic carbocycles. The molecular weight excluding hydrogens is 184 g/mol. The molecule has 0 spiro atoms. The predicted molar refractivity (Wildman–Crippen MR) is 44.6 cm³/mol. The zero-order valence-corrected chi connectivity index (χ0v) is 6.71. The second-order valence-corrected chi connectivity index (χ2v) is 2.20. The van der Waals surface area contributed by atoms with E-state index in [9.17, 15) is 9.59 Å². The van der Waals surface area contributed by atoms with Gasteiger partial charge >= 0.3 is 0 Å². The molecule has 6 heteroatoms. The van der Waals surface area contributed by atoms with E-state index in [2.05, 4.69) is 15.0 Å². The highest BCUT2D eigenvalue weighted by Crippen LogP contribution is 2.18. The quantitative estimate of drug-likeness (QED) is 0.340. The zero-order chi connectivity index (χ0) is 10.7. The van der Waals surface area contributed by atoms with E-state index < -0.39 is 17.4 Å². The first-order chi connectivity index (χ1) is 6.65. The Kier molecular flexibility index (Phi) is 2.26. The van der Waals surface area contributed by atoms with Gasteiger partial charge in [0.1, 0.15) is 0 Å². The number of nitrogens with zero attached hydrogens (tertiary/aromatic N) is 2. The first kappa shape index (κ1) is 9.40. The van der Waals surface area contributed by atoms with Crippen LogP contribution in [0.5, 0.6) is 0 Å². The number of rotatable bonds is 1. The van der Waals surface area contributed by atoms with Crippen LogP contribution in [-0.4, -0.2) is 17.6 Å². The van der Waals surface area contributed by atoms with E-state index in [1.54, 1.807) is 5.87 Å². The maximum absolute atomic E-state index is 11.0. The lowest BCUT2D eigenvalue weighted by Crippen LogP contribution is -2.21. The van der Waals surface area contributed by atoms with E-state index in [1.807, 2.05) is 0 Å². The third kappa shape index (κ3) is 1.18. The van der Waals surface area contributed by atoms with E-state index in [0.717, 1.165) is 0 Å². The van der Waals surface area contributed by atoms with Crippen LogP contribution in [-0.2, 0) is 9.59 Å². The molecule has 0 aromatic rings.